The molecule has 1 N–H and O–H groups in total. The van der Waals surface area contributed by atoms with Gasteiger partial charge in [0.1, 0.15) is 0 Å². The van der Waals surface area contributed by atoms with Gasteiger partial charge < -0.3 is 10.2 Å². The number of rotatable bonds is 0. The fourth-order valence-corrected chi connectivity index (χ4v) is 2.90. The van der Waals surface area contributed by atoms with Gasteiger partial charge in [-0.05, 0) is 26.2 Å². The van der Waals surface area contributed by atoms with E-state index in [0.717, 1.165) is 13.1 Å². The Balaban J connectivity index is 2.23. The number of carbonyl (C=O) groups is 1. The molecule has 2 unspecified atom stereocenters. The number of fused-ring (bicyclic) bond motifs is 1. The molecule has 13 heavy (non-hydrogen) atoms. The Bertz CT molecular complexity index is 237. The van der Waals surface area contributed by atoms with Crippen LogP contribution in [0.15, 0.2) is 0 Å². The third-order valence-electron chi connectivity index (χ3n) is 3.49. The molecule has 2 aliphatic rings. The highest BCUT2D eigenvalue weighted by molar-refractivity contribution is 5.74. The molecule has 2 aliphatic heterocycles. The largest absolute Gasteiger partial charge is 0.338 e. The van der Waals surface area contributed by atoms with E-state index in [-0.39, 0.29) is 11.4 Å². The van der Waals surface area contributed by atoms with Gasteiger partial charge in [-0.25, -0.2) is 0 Å². The van der Waals surface area contributed by atoms with Crippen LogP contribution in [0.3, 0.4) is 0 Å². The van der Waals surface area contributed by atoms with Gasteiger partial charge in [0.15, 0.2) is 0 Å². The summed E-state index contributed by atoms with van der Waals surface area (Å²) in [5, 5.41) is 3.49. The minimum absolute atomic E-state index is 0.104. The molecule has 3 heteroatoms. The molecule has 0 radical (unpaired) electrons. The van der Waals surface area contributed by atoms with Crippen molar-refractivity contribution in [3.63, 3.8) is 0 Å². The summed E-state index contributed by atoms with van der Waals surface area (Å²) >= 11 is 0. The van der Waals surface area contributed by atoms with Crippen molar-refractivity contribution in [2.75, 3.05) is 13.1 Å². The highest BCUT2D eigenvalue weighted by Gasteiger charge is 2.49. The summed E-state index contributed by atoms with van der Waals surface area (Å²) in [7, 11) is 0. The van der Waals surface area contributed by atoms with Crippen LogP contribution >= 0.6 is 0 Å². The van der Waals surface area contributed by atoms with Gasteiger partial charge in [0, 0.05) is 25.6 Å². The lowest BCUT2D eigenvalue weighted by Crippen LogP contribution is -2.51. The van der Waals surface area contributed by atoms with E-state index in [0.29, 0.717) is 12.0 Å². The second-order valence-corrected chi connectivity index (χ2v) is 4.81. The first-order valence-electron chi connectivity index (χ1n) is 5.04. The van der Waals surface area contributed by atoms with Gasteiger partial charge in [-0.2, -0.15) is 0 Å². The topological polar surface area (TPSA) is 32.3 Å². The number of nitrogens with zero attached hydrogens (tertiary/aromatic N) is 1. The van der Waals surface area contributed by atoms with Gasteiger partial charge in [0.25, 0.3) is 0 Å². The highest BCUT2D eigenvalue weighted by Crippen LogP contribution is 2.36. The Hall–Kier alpha value is -0.570. The zero-order chi connectivity index (χ0) is 9.64. The number of nitrogens with one attached hydrogen (secondary N) is 1. The third-order valence-corrected chi connectivity index (χ3v) is 3.49. The maximum atomic E-state index is 11.4. The number of carbonyl (C=O) groups excluding carboxylic acids is 1. The molecule has 0 spiro atoms. The van der Waals surface area contributed by atoms with Crippen molar-refractivity contribution in [3.8, 4) is 0 Å². The molecule has 2 heterocycles. The predicted octanol–water partition coefficient (Wildman–Crippen LogP) is 0.605. The van der Waals surface area contributed by atoms with Crippen molar-refractivity contribution in [2.24, 2.45) is 5.92 Å². The minimum atomic E-state index is 0.104. The molecule has 74 valence electrons. The van der Waals surface area contributed by atoms with Gasteiger partial charge in [-0.1, -0.05) is 0 Å². The molecule has 0 aromatic rings. The first-order chi connectivity index (χ1) is 6.02. The minimum Gasteiger partial charge on any atom is -0.338 e. The van der Waals surface area contributed by atoms with Crippen molar-refractivity contribution in [1.29, 1.82) is 0 Å². The molecular formula is C10H18N2O. The summed E-state index contributed by atoms with van der Waals surface area (Å²) in [4.78, 5) is 13.4. The zero-order valence-electron chi connectivity index (χ0n) is 8.63. The van der Waals surface area contributed by atoms with Crippen LogP contribution in [0.5, 0.6) is 0 Å². The summed E-state index contributed by atoms with van der Waals surface area (Å²) in [6.45, 7) is 8.09. The van der Waals surface area contributed by atoms with E-state index in [1.54, 1.807) is 6.92 Å². The Morgan fingerprint density at radius 3 is 2.85 bits per heavy atom. The van der Waals surface area contributed by atoms with Crippen LogP contribution in [0.1, 0.15) is 27.2 Å². The molecule has 1 amide bonds. The molecule has 2 fully saturated rings. The molecule has 0 aromatic heterocycles. The average Bonchev–Trinajstić information content (AvgIpc) is 2.53. The lowest BCUT2D eigenvalue weighted by atomic mass is 9.91. The van der Waals surface area contributed by atoms with Crippen molar-refractivity contribution in [2.45, 2.75) is 38.8 Å². The molecule has 0 saturated carbocycles. The standard InChI is InChI=1S/C10H18N2O/c1-7(13)12-5-4-8-6-11-10(2,3)9(8)12/h8-9,11H,4-6H2,1-3H3. The van der Waals surface area contributed by atoms with Crippen LogP contribution in [0.2, 0.25) is 0 Å². The molecule has 0 aromatic carbocycles. The molecule has 2 saturated heterocycles. The molecule has 2 atom stereocenters. The van der Waals surface area contributed by atoms with Crippen LogP contribution in [-0.2, 0) is 4.79 Å². The summed E-state index contributed by atoms with van der Waals surface area (Å²) in [5.74, 6) is 0.906. The van der Waals surface area contributed by atoms with Gasteiger partial charge in [0.05, 0.1) is 6.04 Å². The normalized spacial score (nSPS) is 36.4. The highest BCUT2D eigenvalue weighted by atomic mass is 16.2. The van der Waals surface area contributed by atoms with Crippen molar-refractivity contribution in [1.82, 2.24) is 10.2 Å². The maximum absolute atomic E-state index is 11.4. The van der Waals surface area contributed by atoms with Gasteiger partial charge in [0.2, 0.25) is 5.91 Å². The SMILES string of the molecule is CC(=O)N1CCC2CNC(C)(C)C21. The van der Waals surface area contributed by atoms with E-state index < -0.39 is 0 Å². The van der Waals surface area contributed by atoms with Crippen LogP contribution in [-0.4, -0.2) is 35.5 Å². The molecule has 0 bridgehead atoms. The second kappa shape index (κ2) is 2.71. The zero-order valence-corrected chi connectivity index (χ0v) is 8.63. The van der Waals surface area contributed by atoms with Crippen molar-refractivity contribution >= 4 is 5.91 Å². The third kappa shape index (κ3) is 1.26. The second-order valence-electron chi connectivity index (χ2n) is 4.81. The molecule has 2 rings (SSSR count). The molecular weight excluding hydrogens is 164 g/mol. The lowest BCUT2D eigenvalue weighted by molar-refractivity contribution is -0.130. The Kier molecular flexibility index (Phi) is 1.88. The van der Waals surface area contributed by atoms with E-state index in [1.807, 2.05) is 4.90 Å². The number of likely N-dealkylation sites (tertiary alicyclic amines) is 1. The Labute approximate surface area is 79.5 Å². The van der Waals surface area contributed by atoms with Crippen LogP contribution in [0.4, 0.5) is 0 Å². The molecule has 0 aliphatic carbocycles. The Morgan fingerprint density at radius 1 is 1.54 bits per heavy atom. The van der Waals surface area contributed by atoms with E-state index >= 15 is 0 Å². The quantitative estimate of drug-likeness (QED) is 0.595. The van der Waals surface area contributed by atoms with E-state index in [4.69, 9.17) is 0 Å². The number of hydrogen-bond donors (Lipinski definition) is 1. The van der Waals surface area contributed by atoms with E-state index in [2.05, 4.69) is 19.2 Å². The fraction of sp³-hybridized carbons (Fsp3) is 0.900. The number of amides is 1. The first kappa shape index (κ1) is 9.00. The summed E-state index contributed by atoms with van der Waals surface area (Å²) in [6, 6.07) is 0.421. The van der Waals surface area contributed by atoms with Gasteiger partial charge in [-0.15, -0.1) is 0 Å². The van der Waals surface area contributed by atoms with E-state index in [1.165, 1.54) is 6.42 Å². The van der Waals surface area contributed by atoms with Crippen molar-refractivity contribution < 1.29 is 4.79 Å². The number of hydrogen-bond acceptors (Lipinski definition) is 2. The lowest BCUT2D eigenvalue weighted by Gasteiger charge is -2.33. The predicted molar refractivity (Wildman–Crippen MR) is 51.4 cm³/mol. The van der Waals surface area contributed by atoms with Gasteiger partial charge in [-0.3, -0.25) is 4.79 Å². The summed E-state index contributed by atoms with van der Waals surface area (Å²) in [5.41, 5.74) is 0.104. The summed E-state index contributed by atoms with van der Waals surface area (Å²) in [6.07, 6.45) is 1.17. The monoisotopic (exact) mass is 182 g/mol. The van der Waals surface area contributed by atoms with Crippen LogP contribution < -0.4 is 5.32 Å². The van der Waals surface area contributed by atoms with Crippen LogP contribution in [0.25, 0.3) is 0 Å². The van der Waals surface area contributed by atoms with Crippen molar-refractivity contribution in [3.05, 3.63) is 0 Å². The van der Waals surface area contributed by atoms with Gasteiger partial charge >= 0.3 is 0 Å². The summed E-state index contributed by atoms with van der Waals surface area (Å²) < 4.78 is 0. The maximum Gasteiger partial charge on any atom is 0.219 e. The average molecular weight is 182 g/mol. The smallest absolute Gasteiger partial charge is 0.219 e. The first-order valence-corrected chi connectivity index (χ1v) is 5.04. The van der Waals surface area contributed by atoms with E-state index in [9.17, 15) is 4.79 Å². The van der Waals surface area contributed by atoms with Crippen LogP contribution in [0, 0.1) is 5.92 Å². The Morgan fingerprint density at radius 2 is 2.23 bits per heavy atom. The molecule has 3 nitrogen and oxygen atoms in total. The fourth-order valence-electron chi connectivity index (χ4n) is 2.90.